The molecule has 2 heterocycles. The zero-order chi connectivity index (χ0) is 24.0. The molecule has 0 atom stereocenters. The van der Waals surface area contributed by atoms with E-state index < -0.39 is 0 Å². The second kappa shape index (κ2) is 11.2. The molecule has 1 aliphatic carbocycles. The van der Waals surface area contributed by atoms with E-state index in [0.717, 1.165) is 58.3 Å². The average Bonchev–Trinajstić information content (AvgIpc) is 3.06. The molecule has 2 aliphatic heterocycles. The molecule has 0 saturated carbocycles. The smallest absolute Gasteiger partial charge is 0.219 e. The first kappa shape index (κ1) is 23.8. The third-order valence-electron chi connectivity index (χ3n) is 7.95. The van der Waals surface area contributed by atoms with Gasteiger partial charge in [0, 0.05) is 33.1 Å². The lowest BCUT2D eigenvalue weighted by atomic mass is 9.86. The van der Waals surface area contributed by atoms with Gasteiger partial charge >= 0.3 is 0 Å². The molecule has 182 valence electrons. The van der Waals surface area contributed by atoms with Crippen LogP contribution in [0, 0.1) is 5.92 Å². The maximum Gasteiger partial charge on any atom is 0.219 e. The van der Waals surface area contributed by atoms with E-state index in [0.29, 0.717) is 5.92 Å². The predicted molar refractivity (Wildman–Crippen MR) is 147 cm³/mol. The number of likely N-dealkylation sites (tertiary alicyclic amines) is 2. The fourth-order valence-corrected chi connectivity index (χ4v) is 5.87. The molecule has 0 radical (unpaired) electrons. The number of hydrogen-bond acceptors (Lipinski definition) is 2. The van der Waals surface area contributed by atoms with Gasteiger partial charge in [0.15, 0.2) is 0 Å². The number of amides is 1. The van der Waals surface area contributed by atoms with Crippen LogP contribution in [0.2, 0.25) is 0 Å². The first-order valence-electron chi connectivity index (χ1n) is 13.4. The summed E-state index contributed by atoms with van der Waals surface area (Å²) in [4.78, 5) is 16.1. The first-order chi connectivity index (χ1) is 17.2. The van der Waals surface area contributed by atoms with E-state index in [1.54, 1.807) is 12.5 Å². The number of nitrogens with zero attached hydrogens (tertiary/aromatic N) is 2. The topological polar surface area (TPSA) is 23.6 Å². The largest absolute Gasteiger partial charge is 0.343 e. The van der Waals surface area contributed by atoms with Gasteiger partial charge in [-0.15, -0.1) is 0 Å². The predicted octanol–water partition coefficient (Wildman–Crippen LogP) is 6.66. The number of carbonyl (C=O) groups excluding carboxylic acids is 1. The number of hydrogen-bond donors (Lipinski definition) is 0. The Balaban J connectivity index is 1.16. The second-order valence-electron chi connectivity index (χ2n) is 10.2. The van der Waals surface area contributed by atoms with E-state index in [2.05, 4.69) is 77.7 Å². The van der Waals surface area contributed by atoms with E-state index in [9.17, 15) is 4.79 Å². The van der Waals surface area contributed by atoms with E-state index in [4.69, 9.17) is 0 Å². The van der Waals surface area contributed by atoms with Crippen molar-refractivity contribution in [3.05, 3.63) is 88.5 Å². The zero-order valence-corrected chi connectivity index (χ0v) is 21.1. The Morgan fingerprint density at radius 2 is 1.49 bits per heavy atom. The molecule has 2 aromatic carbocycles. The lowest BCUT2D eigenvalue weighted by Gasteiger charge is -2.30. The monoisotopic (exact) mass is 466 g/mol. The van der Waals surface area contributed by atoms with E-state index in [-0.39, 0.29) is 5.91 Å². The number of allylic oxidation sites excluding steroid dienone is 2. The summed E-state index contributed by atoms with van der Waals surface area (Å²) in [5, 5.41) is 0. The van der Waals surface area contributed by atoms with Crippen molar-refractivity contribution in [2.75, 3.05) is 32.7 Å². The molecule has 0 spiro atoms. The highest BCUT2D eigenvalue weighted by Crippen LogP contribution is 2.38. The first-order valence-corrected chi connectivity index (χ1v) is 13.4. The normalized spacial score (nSPS) is 19.1. The highest BCUT2D eigenvalue weighted by molar-refractivity contribution is 5.94. The van der Waals surface area contributed by atoms with Gasteiger partial charge in [0.1, 0.15) is 0 Å². The quantitative estimate of drug-likeness (QED) is 0.310. The van der Waals surface area contributed by atoms with Crippen molar-refractivity contribution < 1.29 is 4.79 Å². The Bertz CT molecular complexity index is 1070. The molecule has 0 N–H and O–H groups in total. The zero-order valence-electron chi connectivity index (χ0n) is 21.1. The average molecular weight is 467 g/mol. The number of rotatable bonds is 5. The molecular formula is C32H38N2O. The fraction of sp³-hybridized carbons (Fsp3) is 0.406. The van der Waals surface area contributed by atoms with Crippen LogP contribution < -0.4 is 0 Å². The van der Waals surface area contributed by atoms with Gasteiger partial charge in [-0.1, -0.05) is 78.4 Å². The van der Waals surface area contributed by atoms with Crippen molar-refractivity contribution in [1.82, 2.24) is 9.80 Å². The molecule has 0 unspecified atom stereocenters. The molecule has 3 nitrogen and oxygen atoms in total. The summed E-state index contributed by atoms with van der Waals surface area (Å²) in [6.07, 6.45) is 16.3. The van der Waals surface area contributed by atoms with E-state index >= 15 is 0 Å². The van der Waals surface area contributed by atoms with Crippen molar-refractivity contribution in [3.63, 3.8) is 0 Å². The summed E-state index contributed by atoms with van der Waals surface area (Å²) < 4.78 is 0. The van der Waals surface area contributed by atoms with Crippen LogP contribution in [-0.4, -0.2) is 48.4 Å². The van der Waals surface area contributed by atoms with Crippen molar-refractivity contribution in [3.8, 4) is 0 Å². The van der Waals surface area contributed by atoms with Gasteiger partial charge in [0.05, 0.1) is 0 Å². The molecule has 0 bridgehead atoms. The molecule has 35 heavy (non-hydrogen) atoms. The van der Waals surface area contributed by atoms with Gasteiger partial charge in [-0.3, -0.25) is 4.79 Å². The van der Waals surface area contributed by atoms with Crippen LogP contribution in [0.25, 0.3) is 17.7 Å². The van der Waals surface area contributed by atoms with E-state index in [1.807, 2.05) is 4.90 Å². The summed E-state index contributed by atoms with van der Waals surface area (Å²) >= 11 is 0. The standard InChI is InChI=1S/C32H38N2O/c1-25(35)34-23-16-26(17-24-34)9-3-2-8-20-33-21-18-29(19-22-33)32-30-12-6-4-10-27(30)14-15-28-11-5-7-13-31(28)32/h3-7,9-15,26H,2,8,16-24H2,1H3/b9-3+. The number of benzene rings is 2. The number of carbonyl (C=O) groups is 1. The highest BCUT2D eigenvalue weighted by Gasteiger charge is 2.22. The van der Waals surface area contributed by atoms with Crippen LogP contribution in [0.5, 0.6) is 0 Å². The minimum Gasteiger partial charge on any atom is -0.343 e. The lowest BCUT2D eigenvalue weighted by molar-refractivity contribution is -0.129. The Labute approximate surface area is 210 Å². The SMILES string of the molecule is CC(=O)N1CCC(/C=C/CCCN2CCC(=C3c4ccccc4C=Cc4ccccc43)CC2)CC1. The number of unbranched alkanes of at least 4 members (excludes halogenated alkanes) is 1. The molecule has 5 rings (SSSR count). The third kappa shape index (κ3) is 5.67. The van der Waals surface area contributed by atoms with Gasteiger partial charge in [-0.2, -0.15) is 0 Å². The third-order valence-corrected chi connectivity index (χ3v) is 7.95. The summed E-state index contributed by atoms with van der Waals surface area (Å²) in [6, 6.07) is 17.7. The number of fused-ring (bicyclic) bond motifs is 2. The number of piperidine rings is 2. The summed E-state index contributed by atoms with van der Waals surface area (Å²) in [7, 11) is 0. The fourth-order valence-electron chi connectivity index (χ4n) is 5.87. The van der Waals surface area contributed by atoms with Gasteiger partial charge in [-0.05, 0) is 78.8 Å². The summed E-state index contributed by atoms with van der Waals surface area (Å²) in [5.74, 6) is 0.867. The van der Waals surface area contributed by atoms with Crippen LogP contribution >= 0.6 is 0 Å². The molecule has 1 amide bonds. The summed E-state index contributed by atoms with van der Waals surface area (Å²) in [6.45, 7) is 7.02. The van der Waals surface area contributed by atoms with E-state index in [1.165, 1.54) is 40.8 Å². The van der Waals surface area contributed by atoms with Gasteiger partial charge in [-0.25, -0.2) is 0 Å². The van der Waals surface area contributed by atoms with Crippen LogP contribution in [0.15, 0.2) is 66.3 Å². The van der Waals surface area contributed by atoms with Crippen molar-refractivity contribution in [2.24, 2.45) is 5.92 Å². The minimum atomic E-state index is 0.219. The van der Waals surface area contributed by atoms with Crippen LogP contribution in [0.4, 0.5) is 0 Å². The maximum atomic E-state index is 11.5. The van der Waals surface area contributed by atoms with Crippen molar-refractivity contribution >= 4 is 23.6 Å². The van der Waals surface area contributed by atoms with Crippen molar-refractivity contribution in [2.45, 2.75) is 45.4 Å². The second-order valence-corrected chi connectivity index (χ2v) is 10.2. The lowest BCUT2D eigenvalue weighted by Crippen LogP contribution is -2.36. The molecule has 3 heteroatoms. The molecular weight excluding hydrogens is 428 g/mol. The van der Waals surface area contributed by atoms with Crippen LogP contribution in [0.1, 0.15) is 67.7 Å². The minimum absolute atomic E-state index is 0.219. The summed E-state index contributed by atoms with van der Waals surface area (Å²) in [5.41, 5.74) is 8.51. The van der Waals surface area contributed by atoms with Gasteiger partial charge in [0.25, 0.3) is 0 Å². The van der Waals surface area contributed by atoms with Crippen LogP contribution in [0.3, 0.4) is 0 Å². The molecule has 3 aliphatic rings. The van der Waals surface area contributed by atoms with Crippen molar-refractivity contribution in [1.29, 1.82) is 0 Å². The molecule has 2 aromatic rings. The van der Waals surface area contributed by atoms with Crippen LogP contribution in [-0.2, 0) is 4.79 Å². The maximum absolute atomic E-state index is 11.5. The molecule has 2 saturated heterocycles. The van der Waals surface area contributed by atoms with Gasteiger partial charge < -0.3 is 9.80 Å². The Morgan fingerprint density at radius 3 is 2.09 bits per heavy atom. The Hall–Kier alpha value is -2.91. The molecule has 0 aromatic heterocycles. The molecule has 2 fully saturated rings. The highest BCUT2D eigenvalue weighted by atomic mass is 16.2. The Kier molecular flexibility index (Phi) is 7.63. The Morgan fingerprint density at radius 1 is 0.886 bits per heavy atom. The van der Waals surface area contributed by atoms with Gasteiger partial charge in [0.2, 0.25) is 5.91 Å².